The molecule has 0 amide bonds. The summed E-state index contributed by atoms with van der Waals surface area (Å²) in [5.74, 6) is 1.03. The fourth-order valence-corrected chi connectivity index (χ4v) is 2.50. The van der Waals surface area contributed by atoms with Gasteiger partial charge in [-0.25, -0.2) is 0 Å². The number of benzene rings is 1. The highest BCUT2D eigenvalue weighted by Crippen LogP contribution is 2.33. The molecule has 3 rings (SSSR count). The summed E-state index contributed by atoms with van der Waals surface area (Å²) in [6.07, 6.45) is 5.85. The van der Waals surface area contributed by atoms with E-state index in [2.05, 4.69) is 12.1 Å². The SMILES string of the molecule is Cl.NC1Cc2cc3c(cc2O1)CCCC3. The van der Waals surface area contributed by atoms with Gasteiger partial charge >= 0.3 is 0 Å². The number of nitrogens with two attached hydrogens (primary N) is 1. The quantitative estimate of drug-likeness (QED) is 0.735. The molecule has 0 saturated heterocycles. The summed E-state index contributed by atoms with van der Waals surface area (Å²) in [6.45, 7) is 0. The van der Waals surface area contributed by atoms with E-state index < -0.39 is 0 Å². The van der Waals surface area contributed by atoms with Crippen molar-refractivity contribution < 1.29 is 4.74 Å². The molecule has 1 aliphatic heterocycles. The molecule has 1 atom stereocenters. The molecule has 0 spiro atoms. The van der Waals surface area contributed by atoms with Gasteiger partial charge in [0.2, 0.25) is 0 Å². The van der Waals surface area contributed by atoms with Gasteiger partial charge in [-0.3, -0.25) is 5.73 Å². The molecule has 0 bridgehead atoms. The van der Waals surface area contributed by atoms with Gasteiger partial charge in [-0.05, 0) is 48.4 Å². The standard InChI is InChI=1S/C12H15NO.ClH/c13-12-7-10-5-8-3-1-2-4-9(8)6-11(10)14-12;/h5-6,12H,1-4,7,13H2;1H. The molecule has 0 saturated carbocycles. The van der Waals surface area contributed by atoms with E-state index in [0.29, 0.717) is 0 Å². The predicted octanol–water partition coefficient (Wildman–Crippen LogP) is 2.21. The molecule has 1 heterocycles. The largest absolute Gasteiger partial charge is 0.475 e. The lowest BCUT2D eigenvalue weighted by Crippen LogP contribution is -2.23. The van der Waals surface area contributed by atoms with E-state index in [-0.39, 0.29) is 18.6 Å². The molecule has 0 aromatic heterocycles. The Bertz CT molecular complexity index is 343. The minimum absolute atomic E-state index is 0. The Kier molecular flexibility index (Phi) is 2.89. The number of rotatable bonds is 0. The van der Waals surface area contributed by atoms with Crippen molar-refractivity contribution in [1.82, 2.24) is 0 Å². The second-order valence-corrected chi connectivity index (χ2v) is 4.30. The summed E-state index contributed by atoms with van der Waals surface area (Å²) in [6, 6.07) is 4.51. The minimum atomic E-state index is -0.117. The van der Waals surface area contributed by atoms with Crippen molar-refractivity contribution in [2.45, 2.75) is 38.3 Å². The predicted molar refractivity (Wildman–Crippen MR) is 62.6 cm³/mol. The van der Waals surface area contributed by atoms with Crippen LogP contribution in [0.15, 0.2) is 12.1 Å². The zero-order valence-electron chi connectivity index (χ0n) is 8.66. The second kappa shape index (κ2) is 4.03. The monoisotopic (exact) mass is 225 g/mol. The Morgan fingerprint density at radius 1 is 1.07 bits per heavy atom. The van der Waals surface area contributed by atoms with E-state index in [0.717, 1.165) is 12.2 Å². The topological polar surface area (TPSA) is 35.2 Å². The fourth-order valence-electron chi connectivity index (χ4n) is 2.50. The van der Waals surface area contributed by atoms with Crippen molar-refractivity contribution in [2.75, 3.05) is 0 Å². The van der Waals surface area contributed by atoms with Crippen molar-refractivity contribution in [3.05, 3.63) is 28.8 Å². The van der Waals surface area contributed by atoms with Gasteiger partial charge in [-0.15, -0.1) is 12.4 Å². The molecule has 2 aliphatic rings. The van der Waals surface area contributed by atoms with Crippen LogP contribution in [-0.4, -0.2) is 6.23 Å². The molecule has 1 unspecified atom stereocenters. The Labute approximate surface area is 96.2 Å². The van der Waals surface area contributed by atoms with Crippen molar-refractivity contribution >= 4 is 12.4 Å². The molecule has 3 heteroatoms. The van der Waals surface area contributed by atoms with Crippen LogP contribution in [0.5, 0.6) is 5.75 Å². The normalized spacial score (nSPS) is 22.3. The second-order valence-electron chi connectivity index (χ2n) is 4.30. The summed E-state index contributed by atoms with van der Waals surface area (Å²) >= 11 is 0. The highest BCUT2D eigenvalue weighted by molar-refractivity contribution is 5.85. The first-order valence-corrected chi connectivity index (χ1v) is 5.40. The van der Waals surface area contributed by atoms with Gasteiger partial charge in [0, 0.05) is 6.42 Å². The Morgan fingerprint density at radius 3 is 2.47 bits per heavy atom. The van der Waals surface area contributed by atoms with Crippen LogP contribution in [0.4, 0.5) is 0 Å². The van der Waals surface area contributed by atoms with Crippen LogP contribution in [0, 0.1) is 0 Å². The minimum Gasteiger partial charge on any atom is -0.475 e. The van der Waals surface area contributed by atoms with Crippen molar-refractivity contribution in [2.24, 2.45) is 5.73 Å². The third kappa shape index (κ3) is 1.84. The third-order valence-corrected chi connectivity index (χ3v) is 3.22. The van der Waals surface area contributed by atoms with Crippen LogP contribution in [-0.2, 0) is 19.3 Å². The van der Waals surface area contributed by atoms with Crippen molar-refractivity contribution in [3.63, 3.8) is 0 Å². The van der Waals surface area contributed by atoms with Gasteiger partial charge < -0.3 is 4.74 Å². The number of halogens is 1. The van der Waals surface area contributed by atoms with Gasteiger partial charge in [0.05, 0.1) is 0 Å². The zero-order valence-corrected chi connectivity index (χ0v) is 9.48. The molecule has 15 heavy (non-hydrogen) atoms. The third-order valence-electron chi connectivity index (χ3n) is 3.22. The Morgan fingerprint density at radius 2 is 1.73 bits per heavy atom. The lowest BCUT2D eigenvalue weighted by Gasteiger charge is -2.16. The molecule has 1 aromatic rings. The van der Waals surface area contributed by atoms with Crippen molar-refractivity contribution in [3.8, 4) is 5.75 Å². The highest BCUT2D eigenvalue weighted by Gasteiger charge is 2.22. The maximum absolute atomic E-state index is 5.76. The maximum Gasteiger partial charge on any atom is 0.151 e. The van der Waals surface area contributed by atoms with E-state index in [4.69, 9.17) is 10.5 Å². The Balaban J connectivity index is 0.000000853. The smallest absolute Gasteiger partial charge is 0.151 e. The van der Waals surface area contributed by atoms with E-state index in [1.165, 1.54) is 42.4 Å². The van der Waals surface area contributed by atoms with Crippen LogP contribution in [0.1, 0.15) is 29.5 Å². The van der Waals surface area contributed by atoms with E-state index in [1.54, 1.807) is 0 Å². The van der Waals surface area contributed by atoms with Crippen LogP contribution >= 0.6 is 12.4 Å². The van der Waals surface area contributed by atoms with Gasteiger partial charge in [-0.1, -0.05) is 6.07 Å². The molecule has 0 fully saturated rings. The first-order chi connectivity index (χ1) is 6.83. The summed E-state index contributed by atoms with van der Waals surface area (Å²) in [5, 5.41) is 0. The molecular weight excluding hydrogens is 210 g/mol. The summed E-state index contributed by atoms with van der Waals surface area (Å²) in [4.78, 5) is 0. The van der Waals surface area contributed by atoms with E-state index in [9.17, 15) is 0 Å². The number of ether oxygens (including phenoxy) is 1. The van der Waals surface area contributed by atoms with Crippen LogP contribution in [0.3, 0.4) is 0 Å². The van der Waals surface area contributed by atoms with Gasteiger partial charge in [-0.2, -0.15) is 0 Å². The lowest BCUT2D eigenvalue weighted by molar-refractivity contribution is 0.241. The molecular formula is C12H16ClNO. The number of hydrogen-bond acceptors (Lipinski definition) is 2. The lowest BCUT2D eigenvalue weighted by atomic mass is 9.90. The van der Waals surface area contributed by atoms with E-state index in [1.807, 2.05) is 0 Å². The molecule has 1 aromatic carbocycles. The first kappa shape index (κ1) is 10.8. The van der Waals surface area contributed by atoms with E-state index >= 15 is 0 Å². The number of hydrogen-bond donors (Lipinski definition) is 1. The van der Waals surface area contributed by atoms with Crippen molar-refractivity contribution in [1.29, 1.82) is 0 Å². The van der Waals surface area contributed by atoms with Crippen LogP contribution in [0.25, 0.3) is 0 Å². The molecule has 82 valence electrons. The zero-order chi connectivity index (χ0) is 9.54. The Hall–Kier alpha value is -0.730. The van der Waals surface area contributed by atoms with Gasteiger partial charge in [0.15, 0.2) is 6.23 Å². The van der Waals surface area contributed by atoms with Crippen LogP contribution < -0.4 is 10.5 Å². The number of fused-ring (bicyclic) bond motifs is 2. The molecule has 1 aliphatic carbocycles. The molecule has 0 radical (unpaired) electrons. The number of aryl methyl sites for hydroxylation is 2. The summed E-state index contributed by atoms with van der Waals surface area (Å²) in [7, 11) is 0. The van der Waals surface area contributed by atoms with Gasteiger partial charge in [0.25, 0.3) is 0 Å². The molecule has 2 nitrogen and oxygen atoms in total. The summed E-state index contributed by atoms with van der Waals surface area (Å²) < 4.78 is 5.55. The van der Waals surface area contributed by atoms with Gasteiger partial charge in [0.1, 0.15) is 5.75 Å². The first-order valence-electron chi connectivity index (χ1n) is 5.40. The average Bonchev–Trinajstić information content (AvgIpc) is 2.53. The highest BCUT2D eigenvalue weighted by atomic mass is 35.5. The fraction of sp³-hybridized carbons (Fsp3) is 0.500. The average molecular weight is 226 g/mol. The van der Waals surface area contributed by atoms with Crippen LogP contribution in [0.2, 0.25) is 0 Å². The maximum atomic E-state index is 5.76. The summed E-state index contributed by atoms with van der Waals surface area (Å²) in [5.41, 5.74) is 10.1. The molecule has 2 N–H and O–H groups in total.